The van der Waals surface area contributed by atoms with Gasteiger partial charge in [-0.25, -0.2) is 4.79 Å². The average molecular weight is 459 g/mol. The van der Waals surface area contributed by atoms with E-state index in [1.165, 1.54) is 0 Å². The third kappa shape index (κ3) is 4.66. The van der Waals surface area contributed by atoms with Crippen LogP contribution in [0.25, 0.3) is 0 Å². The largest absolute Gasteiger partial charge is 0.484 e. The third-order valence-corrected chi connectivity index (χ3v) is 6.34. The van der Waals surface area contributed by atoms with Crippen LogP contribution in [-0.4, -0.2) is 41.1 Å². The Morgan fingerprint density at radius 2 is 1.62 bits per heavy atom. The summed E-state index contributed by atoms with van der Waals surface area (Å²) in [7, 11) is 0. The Bertz CT molecular complexity index is 1240. The zero-order valence-electron chi connectivity index (χ0n) is 18.6. The van der Waals surface area contributed by atoms with E-state index in [1.54, 1.807) is 22.8 Å². The number of likely N-dealkylation sites (tertiary alicyclic amines) is 1. The molecule has 1 fully saturated rings. The molecule has 1 aromatic heterocycles. The zero-order chi connectivity index (χ0) is 23.5. The first-order chi connectivity index (χ1) is 16.6. The van der Waals surface area contributed by atoms with Gasteiger partial charge in [-0.15, -0.1) is 0 Å². The fourth-order valence-electron chi connectivity index (χ4n) is 4.80. The normalized spacial score (nSPS) is 18.5. The van der Waals surface area contributed by atoms with Crippen LogP contribution in [0.3, 0.4) is 0 Å². The lowest BCUT2D eigenvalue weighted by Gasteiger charge is -2.42. The number of anilines is 2. The van der Waals surface area contributed by atoms with Crippen molar-refractivity contribution in [3.8, 4) is 5.75 Å². The van der Waals surface area contributed by atoms with Crippen molar-refractivity contribution in [2.75, 3.05) is 30.3 Å². The summed E-state index contributed by atoms with van der Waals surface area (Å²) in [6.07, 6.45) is 0.935. The molecule has 2 bridgehead atoms. The molecule has 2 aliphatic heterocycles. The second-order valence-corrected chi connectivity index (χ2v) is 8.73. The molecule has 8 heteroatoms. The number of amides is 3. The van der Waals surface area contributed by atoms with Gasteiger partial charge in [-0.1, -0.05) is 36.4 Å². The number of para-hydroxylation sites is 2. The summed E-state index contributed by atoms with van der Waals surface area (Å²) in [6.45, 7) is 1.65. The van der Waals surface area contributed by atoms with Gasteiger partial charge < -0.3 is 24.8 Å². The summed E-state index contributed by atoms with van der Waals surface area (Å²) in [5, 5.41) is 5.39. The van der Waals surface area contributed by atoms with Crippen molar-refractivity contribution in [3.05, 3.63) is 88.8 Å². The van der Waals surface area contributed by atoms with Crippen molar-refractivity contribution in [1.29, 1.82) is 0 Å². The quantitative estimate of drug-likeness (QED) is 0.612. The summed E-state index contributed by atoms with van der Waals surface area (Å²) in [5.41, 5.74) is 1.56. The minimum atomic E-state index is -0.463. The van der Waals surface area contributed by atoms with E-state index in [0.29, 0.717) is 31.1 Å². The molecule has 3 heterocycles. The lowest BCUT2D eigenvalue weighted by molar-refractivity contribution is -0.136. The molecule has 8 nitrogen and oxygen atoms in total. The molecular weight excluding hydrogens is 432 g/mol. The van der Waals surface area contributed by atoms with Gasteiger partial charge in [0.2, 0.25) is 0 Å². The van der Waals surface area contributed by atoms with E-state index < -0.39 is 6.03 Å². The van der Waals surface area contributed by atoms with E-state index in [0.717, 1.165) is 12.1 Å². The van der Waals surface area contributed by atoms with Crippen molar-refractivity contribution in [2.45, 2.75) is 18.9 Å². The van der Waals surface area contributed by atoms with Crippen LogP contribution in [0.1, 0.15) is 18.0 Å². The summed E-state index contributed by atoms with van der Waals surface area (Å²) in [6, 6.07) is 21.4. The van der Waals surface area contributed by atoms with Gasteiger partial charge in [0.05, 0.1) is 0 Å². The minimum Gasteiger partial charge on any atom is -0.484 e. The number of piperidine rings is 1. The number of hydrogen-bond donors (Lipinski definition) is 2. The van der Waals surface area contributed by atoms with Crippen molar-refractivity contribution in [2.24, 2.45) is 5.92 Å². The number of carbonyl (C=O) groups excluding carboxylic acids is 2. The summed E-state index contributed by atoms with van der Waals surface area (Å²) < 4.78 is 7.38. The number of hydrogen-bond acceptors (Lipinski definition) is 4. The molecule has 2 atom stereocenters. The summed E-state index contributed by atoms with van der Waals surface area (Å²) in [5.74, 6) is 0.873. The summed E-state index contributed by atoms with van der Waals surface area (Å²) >= 11 is 0. The minimum absolute atomic E-state index is 0.00432. The van der Waals surface area contributed by atoms with Crippen LogP contribution in [0.4, 0.5) is 16.2 Å². The monoisotopic (exact) mass is 458 g/mol. The van der Waals surface area contributed by atoms with Gasteiger partial charge in [-0.05, 0) is 48.7 Å². The van der Waals surface area contributed by atoms with Crippen molar-refractivity contribution in [1.82, 2.24) is 9.47 Å². The average Bonchev–Trinajstić information content (AvgIpc) is 2.85. The fraction of sp³-hybridized carbons (Fsp3) is 0.269. The second kappa shape index (κ2) is 9.43. The Morgan fingerprint density at radius 1 is 0.882 bits per heavy atom. The number of ether oxygens (including phenoxy) is 1. The van der Waals surface area contributed by atoms with Gasteiger partial charge in [0, 0.05) is 36.9 Å². The molecular formula is C26H26N4O4. The van der Waals surface area contributed by atoms with E-state index >= 15 is 0 Å². The molecule has 0 radical (unpaired) electrons. The zero-order valence-corrected chi connectivity index (χ0v) is 18.6. The number of nitrogens with one attached hydrogen (secondary N) is 2. The van der Waals surface area contributed by atoms with Crippen LogP contribution >= 0.6 is 0 Å². The maximum absolute atomic E-state index is 13.1. The van der Waals surface area contributed by atoms with Crippen LogP contribution < -0.4 is 20.9 Å². The highest BCUT2D eigenvalue weighted by atomic mass is 16.5. The molecule has 2 aromatic carbocycles. The molecule has 2 aliphatic rings. The van der Waals surface area contributed by atoms with Gasteiger partial charge in [0.25, 0.3) is 11.5 Å². The molecule has 2 N–H and O–H groups in total. The first-order valence-electron chi connectivity index (χ1n) is 11.4. The number of aromatic nitrogens is 1. The molecule has 3 aromatic rings. The topological polar surface area (TPSA) is 92.7 Å². The lowest BCUT2D eigenvalue weighted by atomic mass is 9.83. The maximum Gasteiger partial charge on any atom is 0.323 e. The van der Waals surface area contributed by atoms with Gasteiger partial charge in [-0.3, -0.25) is 9.59 Å². The molecule has 1 saturated heterocycles. The Hall–Kier alpha value is -4.07. The molecule has 0 saturated carbocycles. The highest BCUT2D eigenvalue weighted by Crippen LogP contribution is 2.35. The molecule has 5 rings (SSSR count). The van der Waals surface area contributed by atoms with E-state index in [-0.39, 0.29) is 35.6 Å². The SMILES string of the molecule is O=C(Nc1ccccc1)Nc1ccc2n(c1=O)CC1CC2CN(C(=O)COc2ccccc2)C1. The van der Waals surface area contributed by atoms with Crippen molar-refractivity contribution < 1.29 is 14.3 Å². The summed E-state index contributed by atoms with van der Waals surface area (Å²) in [4.78, 5) is 40.1. The van der Waals surface area contributed by atoms with Gasteiger partial charge >= 0.3 is 6.03 Å². The second-order valence-electron chi connectivity index (χ2n) is 8.73. The number of fused-ring (bicyclic) bond motifs is 4. The number of carbonyl (C=O) groups is 2. The Morgan fingerprint density at radius 3 is 2.38 bits per heavy atom. The van der Waals surface area contributed by atoms with Gasteiger partial charge in [-0.2, -0.15) is 0 Å². The van der Waals surface area contributed by atoms with E-state index in [1.807, 2.05) is 59.5 Å². The Labute approximate surface area is 197 Å². The first-order valence-corrected chi connectivity index (χ1v) is 11.4. The molecule has 0 spiro atoms. The van der Waals surface area contributed by atoms with Crippen molar-refractivity contribution >= 4 is 23.3 Å². The predicted molar refractivity (Wildman–Crippen MR) is 129 cm³/mol. The van der Waals surface area contributed by atoms with Gasteiger partial charge in [0.15, 0.2) is 6.61 Å². The van der Waals surface area contributed by atoms with Crippen molar-refractivity contribution in [3.63, 3.8) is 0 Å². The number of pyridine rings is 1. The van der Waals surface area contributed by atoms with Gasteiger partial charge in [0.1, 0.15) is 11.4 Å². The molecule has 3 amide bonds. The number of rotatable bonds is 5. The highest BCUT2D eigenvalue weighted by Gasteiger charge is 2.36. The van der Waals surface area contributed by atoms with E-state index in [2.05, 4.69) is 10.6 Å². The van der Waals surface area contributed by atoms with Crippen LogP contribution in [0.15, 0.2) is 77.6 Å². The highest BCUT2D eigenvalue weighted by molar-refractivity contribution is 5.99. The van der Waals surface area contributed by atoms with E-state index in [4.69, 9.17) is 4.74 Å². The van der Waals surface area contributed by atoms with E-state index in [9.17, 15) is 14.4 Å². The Balaban J connectivity index is 1.26. The van der Waals surface area contributed by atoms with Crippen LogP contribution in [-0.2, 0) is 11.3 Å². The maximum atomic E-state index is 13.1. The number of urea groups is 1. The number of nitrogens with zero attached hydrogens (tertiary/aromatic N) is 2. The fourth-order valence-corrected chi connectivity index (χ4v) is 4.80. The predicted octanol–water partition coefficient (Wildman–Crippen LogP) is 3.52. The third-order valence-electron chi connectivity index (χ3n) is 6.34. The smallest absolute Gasteiger partial charge is 0.323 e. The lowest BCUT2D eigenvalue weighted by Crippen LogP contribution is -2.50. The molecule has 2 unspecified atom stereocenters. The molecule has 34 heavy (non-hydrogen) atoms. The molecule has 174 valence electrons. The Kier molecular flexibility index (Phi) is 6.03. The standard InChI is InChI=1S/C26H26N4O4/c31-24(17-34-21-9-5-2-6-10-21)29-14-18-13-19(16-29)23-12-11-22(25(32)30(23)15-18)28-26(33)27-20-7-3-1-4-8-20/h1-12,18-19H,13-17H2,(H2,27,28,33). The number of benzene rings is 2. The van der Waals surface area contributed by atoms with Crippen LogP contribution in [0.5, 0.6) is 5.75 Å². The first kappa shape index (κ1) is 21.8. The van der Waals surface area contributed by atoms with Crippen LogP contribution in [0, 0.1) is 5.92 Å². The van der Waals surface area contributed by atoms with Crippen LogP contribution in [0.2, 0.25) is 0 Å². The molecule has 0 aliphatic carbocycles.